The van der Waals surface area contributed by atoms with Crippen LogP contribution in [-0.4, -0.2) is 25.8 Å². The molecular formula is C16H14Br2N2O3. The first-order valence-corrected chi connectivity index (χ1v) is 8.21. The van der Waals surface area contributed by atoms with E-state index >= 15 is 0 Å². The summed E-state index contributed by atoms with van der Waals surface area (Å²) in [7, 11) is 1.54. The van der Waals surface area contributed by atoms with E-state index in [4.69, 9.17) is 9.47 Å². The molecule has 2 aromatic rings. The van der Waals surface area contributed by atoms with Crippen molar-refractivity contribution in [2.45, 2.75) is 0 Å². The highest BCUT2D eigenvalue weighted by Gasteiger charge is 2.07. The largest absolute Gasteiger partial charge is 0.493 e. The Hall–Kier alpha value is -1.86. The Morgan fingerprint density at radius 2 is 1.83 bits per heavy atom. The summed E-state index contributed by atoms with van der Waals surface area (Å²) in [6.45, 7) is -0.157. The molecule has 0 aliphatic heterocycles. The number of halogens is 2. The maximum Gasteiger partial charge on any atom is 0.277 e. The number of carbonyl (C=O) groups is 1. The number of methoxy groups -OCH3 is 1. The first-order valence-electron chi connectivity index (χ1n) is 6.62. The van der Waals surface area contributed by atoms with E-state index in [2.05, 4.69) is 42.4 Å². The van der Waals surface area contributed by atoms with Gasteiger partial charge in [0.2, 0.25) is 0 Å². The van der Waals surface area contributed by atoms with Crippen LogP contribution in [0.25, 0.3) is 0 Å². The van der Waals surface area contributed by atoms with E-state index in [0.29, 0.717) is 11.5 Å². The molecule has 0 fully saturated rings. The van der Waals surface area contributed by atoms with Crippen molar-refractivity contribution in [3.05, 3.63) is 57.0 Å². The van der Waals surface area contributed by atoms with Crippen LogP contribution < -0.4 is 14.9 Å². The van der Waals surface area contributed by atoms with Gasteiger partial charge in [-0.05, 0) is 35.9 Å². The molecule has 0 aromatic heterocycles. The maximum atomic E-state index is 11.7. The molecule has 0 aliphatic rings. The maximum absolute atomic E-state index is 11.7. The molecule has 23 heavy (non-hydrogen) atoms. The van der Waals surface area contributed by atoms with Crippen molar-refractivity contribution in [1.82, 2.24) is 5.43 Å². The third kappa shape index (κ3) is 5.69. The Morgan fingerprint density at radius 3 is 2.52 bits per heavy atom. The van der Waals surface area contributed by atoms with E-state index in [1.807, 2.05) is 24.3 Å². The standard InChI is InChI=1S/C16H14Br2N2O3/c1-22-15-8-13(18)6-7-14(15)23-10-16(21)20-19-9-11-2-4-12(17)5-3-11/h2-9H,10H2,1H3,(H,20,21)/b19-9+. The van der Waals surface area contributed by atoms with Gasteiger partial charge in [0.25, 0.3) is 5.91 Å². The molecule has 5 nitrogen and oxygen atoms in total. The number of benzene rings is 2. The summed E-state index contributed by atoms with van der Waals surface area (Å²) in [6, 6.07) is 12.8. The van der Waals surface area contributed by atoms with Crippen molar-refractivity contribution in [1.29, 1.82) is 0 Å². The fraction of sp³-hybridized carbons (Fsp3) is 0.125. The average Bonchev–Trinajstić information content (AvgIpc) is 2.55. The Kier molecular flexibility index (Phi) is 6.61. The molecule has 0 heterocycles. The molecular weight excluding hydrogens is 428 g/mol. The second kappa shape index (κ2) is 8.69. The quantitative estimate of drug-likeness (QED) is 0.548. The van der Waals surface area contributed by atoms with E-state index in [9.17, 15) is 4.79 Å². The van der Waals surface area contributed by atoms with Crippen molar-refractivity contribution in [2.24, 2.45) is 5.10 Å². The van der Waals surface area contributed by atoms with Gasteiger partial charge in [-0.25, -0.2) is 5.43 Å². The molecule has 0 saturated heterocycles. The number of hydrogen-bond acceptors (Lipinski definition) is 4. The molecule has 0 atom stereocenters. The number of ether oxygens (including phenoxy) is 2. The van der Waals surface area contributed by atoms with Crippen LogP contribution in [-0.2, 0) is 4.79 Å². The normalized spacial score (nSPS) is 10.6. The molecule has 120 valence electrons. The Morgan fingerprint density at radius 1 is 1.13 bits per heavy atom. The highest BCUT2D eigenvalue weighted by atomic mass is 79.9. The Balaban J connectivity index is 1.84. The van der Waals surface area contributed by atoms with Crippen LogP contribution in [0.4, 0.5) is 0 Å². The minimum Gasteiger partial charge on any atom is -0.493 e. The number of rotatable bonds is 6. The molecule has 0 saturated carbocycles. The van der Waals surface area contributed by atoms with Crippen molar-refractivity contribution in [2.75, 3.05) is 13.7 Å². The Bertz CT molecular complexity index is 703. The number of hydrazone groups is 1. The van der Waals surface area contributed by atoms with E-state index < -0.39 is 0 Å². The number of hydrogen-bond donors (Lipinski definition) is 1. The molecule has 7 heteroatoms. The number of nitrogens with one attached hydrogen (secondary N) is 1. The van der Waals surface area contributed by atoms with Crippen LogP contribution >= 0.6 is 31.9 Å². The summed E-state index contributed by atoms with van der Waals surface area (Å²) in [6.07, 6.45) is 1.56. The van der Waals surface area contributed by atoms with Gasteiger partial charge >= 0.3 is 0 Å². The summed E-state index contributed by atoms with van der Waals surface area (Å²) in [5.74, 6) is 0.677. The summed E-state index contributed by atoms with van der Waals surface area (Å²) in [5.41, 5.74) is 3.29. The fourth-order valence-corrected chi connectivity index (χ4v) is 2.27. The lowest BCUT2D eigenvalue weighted by Gasteiger charge is -2.10. The second-order valence-corrected chi connectivity index (χ2v) is 6.26. The van der Waals surface area contributed by atoms with Crippen LogP contribution in [0.5, 0.6) is 11.5 Å². The number of carbonyl (C=O) groups excluding carboxylic acids is 1. The molecule has 2 rings (SSSR count). The third-order valence-corrected chi connectivity index (χ3v) is 3.78. The van der Waals surface area contributed by atoms with Crippen molar-refractivity contribution >= 4 is 44.0 Å². The summed E-state index contributed by atoms with van der Waals surface area (Å²) in [5, 5.41) is 3.88. The smallest absolute Gasteiger partial charge is 0.277 e. The van der Waals surface area contributed by atoms with E-state index in [1.54, 1.807) is 24.4 Å². The monoisotopic (exact) mass is 440 g/mol. The fourth-order valence-electron chi connectivity index (χ4n) is 1.66. The van der Waals surface area contributed by atoms with Gasteiger partial charge in [-0.15, -0.1) is 0 Å². The molecule has 1 N–H and O–H groups in total. The van der Waals surface area contributed by atoms with E-state index in [-0.39, 0.29) is 12.5 Å². The first kappa shape index (κ1) is 17.5. The van der Waals surface area contributed by atoms with Gasteiger partial charge < -0.3 is 9.47 Å². The summed E-state index contributed by atoms with van der Waals surface area (Å²) < 4.78 is 12.5. The van der Waals surface area contributed by atoms with Gasteiger partial charge in [0.1, 0.15) is 0 Å². The predicted molar refractivity (Wildman–Crippen MR) is 96.1 cm³/mol. The minimum atomic E-state index is -0.358. The zero-order chi connectivity index (χ0) is 16.7. The van der Waals surface area contributed by atoms with Crippen molar-refractivity contribution < 1.29 is 14.3 Å². The van der Waals surface area contributed by atoms with Gasteiger partial charge in [0.05, 0.1) is 13.3 Å². The van der Waals surface area contributed by atoms with Gasteiger partial charge in [-0.2, -0.15) is 5.10 Å². The molecule has 0 radical (unpaired) electrons. The van der Waals surface area contributed by atoms with Crippen LogP contribution in [0, 0.1) is 0 Å². The highest BCUT2D eigenvalue weighted by molar-refractivity contribution is 9.10. The minimum absolute atomic E-state index is 0.157. The molecule has 1 amide bonds. The van der Waals surface area contributed by atoms with Crippen LogP contribution in [0.15, 0.2) is 56.5 Å². The third-order valence-electron chi connectivity index (χ3n) is 2.76. The molecule has 0 aliphatic carbocycles. The van der Waals surface area contributed by atoms with Crippen LogP contribution in [0.2, 0.25) is 0 Å². The molecule has 0 unspecified atom stereocenters. The second-order valence-electron chi connectivity index (χ2n) is 4.43. The van der Waals surface area contributed by atoms with Crippen LogP contribution in [0.3, 0.4) is 0 Å². The van der Waals surface area contributed by atoms with E-state index in [1.165, 1.54) is 7.11 Å². The number of amides is 1. The summed E-state index contributed by atoms with van der Waals surface area (Å²) >= 11 is 6.69. The van der Waals surface area contributed by atoms with E-state index in [0.717, 1.165) is 14.5 Å². The molecule has 0 spiro atoms. The zero-order valence-corrected chi connectivity index (χ0v) is 15.4. The first-order chi connectivity index (χ1) is 11.1. The van der Waals surface area contributed by atoms with Crippen molar-refractivity contribution in [3.8, 4) is 11.5 Å². The van der Waals surface area contributed by atoms with Gasteiger partial charge in [0, 0.05) is 8.95 Å². The highest BCUT2D eigenvalue weighted by Crippen LogP contribution is 2.29. The lowest BCUT2D eigenvalue weighted by molar-refractivity contribution is -0.123. The predicted octanol–water partition coefficient (Wildman–Crippen LogP) is 3.75. The van der Waals surface area contributed by atoms with Crippen molar-refractivity contribution in [3.63, 3.8) is 0 Å². The summed E-state index contributed by atoms with van der Waals surface area (Å²) in [4.78, 5) is 11.7. The molecule has 2 aromatic carbocycles. The van der Waals surface area contributed by atoms with Gasteiger partial charge in [0.15, 0.2) is 18.1 Å². The molecule has 0 bridgehead atoms. The zero-order valence-electron chi connectivity index (χ0n) is 12.3. The topological polar surface area (TPSA) is 59.9 Å². The Labute approximate surface area is 150 Å². The average molecular weight is 442 g/mol. The lowest BCUT2D eigenvalue weighted by Crippen LogP contribution is -2.24. The van der Waals surface area contributed by atoms with Gasteiger partial charge in [-0.3, -0.25) is 4.79 Å². The lowest BCUT2D eigenvalue weighted by atomic mass is 10.2. The number of nitrogens with zero attached hydrogens (tertiary/aromatic N) is 1. The SMILES string of the molecule is COc1cc(Br)ccc1OCC(=O)N/N=C/c1ccc(Br)cc1. The van der Waals surface area contributed by atoms with Crippen LogP contribution in [0.1, 0.15) is 5.56 Å². The van der Waals surface area contributed by atoms with Gasteiger partial charge in [-0.1, -0.05) is 44.0 Å².